The van der Waals surface area contributed by atoms with Gasteiger partial charge in [0.15, 0.2) is 0 Å². The van der Waals surface area contributed by atoms with Crippen LogP contribution in [0.5, 0.6) is 0 Å². The molecule has 1 saturated carbocycles. The molecule has 1 unspecified atom stereocenters. The van der Waals surface area contributed by atoms with Crippen LogP contribution in [-0.2, 0) is 14.3 Å². The van der Waals surface area contributed by atoms with Gasteiger partial charge in [0.25, 0.3) is 0 Å². The standard InChI is InChI=1S/C15H29N3O3/c1-10(2)14(16)15(20)17-9-13(19)18(7-8-21-4)11(3)12-5-6-12/h10-12,14H,5-9,16H2,1-4H3,(H,17,20)/t11?,14-/m0/s1. The Morgan fingerprint density at radius 2 is 1.95 bits per heavy atom. The maximum absolute atomic E-state index is 12.3. The molecule has 0 spiro atoms. The third kappa shape index (κ3) is 5.63. The average Bonchev–Trinajstić information content (AvgIpc) is 3.28. The summed E-state index contributed by atoms with van der Waals surface area (Å²) in [6.45, 7) is 6.88. The van der Waals surface area contributed by atoms with Gasteiger partial charge >= 0.3 is 0 Å². The van der Waals surface area contributed by atoms with E-state index in [-0.39, 0.29) is 30.3 Å². The quantitative estimate of drug-likeness (QED) is 0.644. The van der Waals surface area contributed by atoms with Gasteiger partial charge in [-0.2, -0.15) is 0 Å². The number of methoxy groups -OCH3 is 1. The van der Waals surface area contributed by atoms with Gasteiger partial charge in [0.05, 0.1) is 19.2 Å². The van der Waals surface area contributed by atoms with E-state index in [1.54, 1.807) is 7.11 Å². The van der Waals surface area contributed by atoms with Crippen LogP contribution in [0.1, 0.15) is 33.6 Å². The summed E-state index contributed by atoms with van der Waals surface area (Å²) in [5, 5.41) is 2.64. The highest BCUT2D eigenvalue weighted by Gasteiger charge is 2.34. The largest absolute Gasteiger partial charge is 0.383 e. The first kappa shape index (κ1) is 17.9. The predicted molar refractivity (Wildman–Crippen MR) is 81.6 cm³/mol. The Kier molecular flexibility index (Phi) is 7.11. The van der Waals surface area contributed by atoms with E-state index in [1.807, 2.05) is 18.7 Å². The summed E-state index contributed by atoms with van der Waals surface area (Å²) in [5.74, 6) is 0.286. The van der Waals surface area contributed by atoms with Gasteiger partial charge in [-0.3, -0.25) is 9.59 Å². The number of nitrogens with zero attached hydrogens (tertiary/aromatic N) is 1. The molecule has 2 amide bonds. The Balaban J connectivity index is 2.49. The van der Waals surface area contributed by atoms with E-state index >= 15 is 0 Å². The van der Waals surface area contributed by atoms with Crippen molar-refractivity contribution in [2.45, 2.75) is 45.7 Å². The highest BCUT2D eigenvalue weighted by Crippen LogP contribution is 2.35. The number of hydrogen-bond donors (Lipinski definition) is 2. The van der Waals surface area contributed by atoms with Crippen LogP contribution in [0, 0.1) is 11.8 Å². The molecular formula is C15H29N3O3. The molecule has 0 aromatic heterocycles. The van der Waals surface area contributed by atoms with Crippen LogP contribution >= 0.6 is 0 Å². The molecule has 6 heteroatoms. The van der Waals surface area contributed by atoms with Crippen molar-refractivity contribution < 1.29 is 14.3 Å². The van der Waals surface area contributed by atoms with Gasteiger partial charge < -0.3 is 20.7 Å². The van der Waals surface area contributed by atoms with E-state index in [0.29, 0.717) is 19.1 Å². The highest BCUT2D eigenvalue weighted by molar-refractivity contribution is 5.87. The van der Waals surface area contributed by atoms with Crippen molar-refractivity contribution in [2.75, 3.05) is 26.8 Å². The topological polar surface area (TPSA) is 84.7 Å². The summed E-state index contributed by atoms with van der Waals surface area (Å²) in [7, 11) is 1.62. The Hall–Kier alpha value is -1.14. The molecule has 0 saturated heterocycles. The summed E-state index contributed by atoms with van der Waals surface area (Å²) in [4.78, 5) is 26.0. The minimum absolute atomic E-state index is 0.0000274. The van der Waals surface area contributed by atoms with E-state index in [2.05, 4.69) is 12.2 Å². The van der Waals surface area contributed by atoms with Gasteiger partial charge in [0.1, 0.15) is 0 Å². The van der Waals surface area contributed by atoms with Gasteiger partial charge in [-0.25, -0.2) is 0 Å². The number of rotatable bonds is 9. The molecular weight excluding hydrogens is 270 g/mol. The fraction of sp³-hybridized carbons (Fsp3) is 0.867. The Morgan fingerprint density at radius 3 is 2.43 bits per heavy atom. The third-order valence-corrected chi connectivity index (χ3v) is 4.09. The van der Waals surface area contributed by atoms with Crippen molar-refractivity contribution in [2.24, 2.45) is 17.6 Å². The van der Waals surface area contributed by atoms with Crippen LogP contribution in [0.3, 0.4) is 0 Å². The molecule has 1 fully saturated rings. The molecule has 21 heavy (non-hydrogen) atoms. The molecule has 0 bridgehead atoms. The minimum atomic E-state index is -0.578. The summed E-state index contributed by atoms with van der Waals surface area (Å²) in [5.41, 5.74) is 5.76. The molecule has 1 aliphatic rings. The third-order valence-electron chi connectivity index (χ3n) is 4.09. The number of nitrogens with two attached hydrogens (primary N) is 1. The van der Waals surface area contributed by atoms with Crippen molar-refractivity contribution in [1.82, 2.24) is 10.2 Å². The fourth-order valence-corrected chi connectivity index (χ4v) is 2.26. The second-order valence-corrected chi connectivity index (χ2v) is 6.15. The molecule has 1 aliphatic carbocycles. The highest BCUT2D eigenvalue weighted by atomic mass is 16.5. The molecule has 6 nitrogen and oxygen atoms in total. The lowest BCUT2D eigenvalue weighted by Gasteiger charge is -2.29. The lowest BCUT2D eigenvalue weighted by atomic mass is 10.1. The number of amides is 2. The molecule has 0 aromatic carbocycles. The van der Waals surface area contributed by atoms with Gasteiger partial charge in [-0.15, -0.1) is 0 Å². The second kappa shape index (κ2) is 8.34. The number of ether oxygens (including phenoxy) is 1. The SMILES string of the molecule is COCCN(C(=O)CNC(=O)[C@@H](N)C(C)C)C(C)C1CC1. The zero-order chi connectivity index (χ0) is 16.0. The fourth-order valence-electron chi connectivity index (χ4n) is 2.26. The van der Waals surface area contributed by atoms with Crippen molar-refractivity contribution in [1.29, 1.82) is 0 Å². The van der Waals surface area contributed by atoms with Crippen LogP contribution in [0.2, 0.25) is 0 Å². The van der Waals surface area contributed by atoms with Crippen molar-refractivity contribution in [3.8, 4) is 0 Å². The maximum atomic E-state index is 12.3. The summed E-state index contributed by atoms with van der Waals surface area (Å²) < 4.78 is 5.07. The monoisotopic (exact) mass is 299 g/mol. The number of hydrogen-bond acceptors (Lipinski definition) is 4. The Bertz CT molecular complexity index is 356. The van der Waals surface area contributed by atoms with E-state index in [0.717, 1.165) is 0 Å². The smallest absolute Gasteiger partial charge is 0.242 e. The summed E-state index contributed by atoms with van der Waals surface area (Å²) in [6, 6.07) is -0.380. The van der Waals surface area contributed by atoms with Crippen LogP contribution < -0.4 is 11.1 Å². The zero-order valence-corrected chi connectivity index (χ0v) is 13.6. The minimum Gasteiger partial charge on any atom is -0.383 e. The molecule has 0 heterocycles. The van der Waals surface area contributed by atoms with E-state index in [4.69, 9.17) is 10.5 Å². The molecule has 0 radical (unpaired) electrons. The number of carbonyl (C=O) groups is 2. The first-order valence-corrected chi connectivity index (χ1v) is 7.70. The van der Waals surface area contributed by atoms with E-state index in [1.165, 1.54) is 12.8 Å². The zero-order valence-electron chi connectivity index (χ0n) is 13.6. The molecule has 122 valence electrons. The van der Waals surface area contributed by atoms with E-state index in [9.17, 15) is 9.59 Å². The van der Waals surface area contributed by atoms with Crippen molar-refractivity contribution in [3.63, 3.8) is 0 Å². The first-order valence-electron chi connectivity index (χ1n) is 7.70. The van der Waals surface area contributed by atoms with Crippen molar-refractivity contribution >= 4 is 11.8 Å². The maximum Gasteiger partial charge on any atom is 0.242 e. The molecule has 3 N–H and O–H groups in total. The Labute approximate surface area is 127 Å². The normalized spacial score (nSPS) is 17.4. The molecule has 1 rings (SSSR count). The lowest BCUT2D eigenvalue weighted by molar-refractivity contribution is -0.136. The van der Waals surface area contributed by atoms with Crippen LogP contribution in [0.25, 0.3) is 0 Å². The van der Waals surface area contributed by atoms with Crippen molar-refractivity contribution in [3.05, 3.63) is 0 Å². The lowest BCUT2D eigenvalue weighted by Crippen LogP contribution is -2.50. The molecule has 0 aromatic rings. The number of carbonyl (C=O) groups excluding carboxylic acids is 2. The van der Waals surface area contributed by atoms with Gasteiger partial charge in [-0.05, 0) is 31.6 Å². The molecule has 2 atom stereocenters. The van der Waals surface area contributed by atoms with E-state index < -0.39 is 6.04 Å². The van der Waals surface area contributed by atoms with Gasteiger partial charge in [-0.1, -0.05) is 13.8 Å². The van der Waals surface area contributed by atoms with Gasteiger partial charge in [0.2, 0.25) is 11.8 Å². The van der Waals surface area contributed by atoms with Crippen LogP contribution in [-0.4, -0.2) is 55.6 Å². The van der Waals surface area contributed by atoms with Crippen LogP contribution in [0.15, 0.2) is 0 Å². The predicted octanol–water partition coefficient (Wildman–Crippen LogP) is 0.359. The summed E-state index contributed by atoms with van der Waals surface area (Å²) in [6.07, 6.45) is 2.34. The molecule has 0 aliphatic heterocycles. The average molecular weight is 299 g/mol. The van der Waals surface area contributed by atoms with Gasteiger partial charge in [0, 0.05) is 19.7 Å². The first-order chi connectivity index (χ1) is 9.88. The number of nitrogens with one attached hydrogen (secondary N) is 1. The second-order valence-electron chi connectivity index (χ2n) is 6.15. The summed E-state index contributed by atoms with van der Waals surface area (Å²) >= 11 is 0. The Morgan fingerprint density at radius 1 is 1.33 bits per heavy atom. The van der Waals surface area contributed by atoms with Crippen LogP contribution in [0.4, 0.5) is 0 Å².